The Bertz CT molecular complexity index is 783. The molecule has 2 amide bonds. The molecule has 1 atom stereocenters. The predicted molar refractivity (Wildman–Crippen MR) is 114 cm³/mol. The van der Waals surface area contributed by atoms with E-state index in [0.29, 0.717) is 18.5 Å². The summed E-state index contributed by atoms with van der Waals surface area (Å²) in [7, 11) is 0. The summed E-state index contributed by atoms with van der Waals surface area (Å²) in [6.07, 6.45) is 5.52. The zero-order valence-electron chi connectivity index (χ0n) is 17.7. The number of aromatic nitrogens is 1. The van der Waals surface area contributed by atoms with Crippen molar-refractivity contribution in [1.82, 2.24) is 15.6 Å². The number of alkyl carbamates (subject to hydrolysis) is 1. The van der Waals surface area contributed by atoms with Gasteiger partial charge in [-0.1, -0.05) is 31.5 Å². The van der Waals surface area contributed by atoms with Gasteiger partial charge in [0.05, 0.1) is 0 Å². The van der Waals surface area contributed by atoms with Crippen LogP contribution in [0.1, 0.15) is 62.0 Å². The van der Waals surface area contributed by atoms with Gasteiger partial charge in [-0.2, -0.15) is 0 Å². The number of pyridine rings is 1. The third-order valence-corrected chi connectivity index (χ3v) is 4.23. The maximum absolute atomic E-state index is 12.3. The van der Waals surface area contributed by atoms with Crippen molar-refractivity contribution in [2.75, 3.05) is 0 Å². The number of carbonyl (C=O) groups excluding carboxylic acids is 2. The third kappa shape index (κ3) is 8.34. The summed E-state index contributed by atoms with van der Waals surface area (Å²) < 4.78 is 5.36. The fraction of sp³-hybridized carbons (Fsp3) is 0.435. The largest absolute Gasteiger partial charge is 0.444 e. The monoisotopic (exact) mass is 397 g/mol. The molecule has 0 aliphatic heterocycles. The Balaban J connectivity index is 1.91. The molecule has 2 rings (SSSR count). The van der Waals surface area contributed by atoms with Crippen LogP contribution in [0.2, 0.25) is 0 Å². The van der Waals surface area contributed by atoms with Crippen molar-refractivity contribution in [2.24, 2.45) is 0 Å². The minimum atomic E-state index is -0.522. The SMILES string of the molecule is CCC[C@@H](Cc1ccc(C(=O)NCc2cccnc2)cc1)NC(=O)OC(C)(C)C. The molecule has 29 heavy (non-hydrogen) atoms. The number of nitrogens with one attached hydrogen (secondary N) is 2. The van der Waals surface area contributed by atoms with Crippen molar-refractivity contribution in [1.29, 1.82) is 0 Å². The lowest BCUT2D eigenvalue weighted by molar-refractivity contribution is 0.0501. The van der Waals surface area contributed by atoms with Crippen LogP contribution >= 0.6 is 0 Å². The first-order valence-corrected chi connectivity index (χ1v) is 10.0. The van der Waals surface area contributed by atoms with Crippen molar-refractivity contribution < 1.29 is 14.3 Å². The smallest absolute Gasteiger partial charge is 0.407 e. The summed E-state index contributed by atoms with van der Waals surface area (Å²) >= 11 is 0. The summed E-state index contributed by atoms with van der Waals surface area (Å²) in [6, 6.07) is 11.2. The molecule has 6 nitrogen and oxygen atoms in total. The molecule has 1 heterocycles. The van der Waals surface area contributed by atoms with Gasteiger partial charge in [0.15, 0.2) is 0 Å². The zero-order valence-corrected chi connectivity index (χ0v) is 17.7. The average Bonchev–Trinajstić information content (AvgIpc) is 2.66. The molecule has 0 fully saturated rings. The van der Waals surface area contributed by atoms with E-state index < -0.39 is 11.7 Å². The Kier molecular flexibility index (Phi) is 8.19. The predicted octanol–water partition coefficient (Wildman–Crippen LogP) is 4.25. The summed E-state index contributed by atoms with van der Waals surface area (Å²) in [6.45, 7) is 8.06. The highest BCUT2D eigenvalue weighted by molar-refractivity contribution is 5.94. The van der Waals surface area contributed by atoms with Crippen LogP contribution in [-0.2, 0) is 17.7 Å². The van der Waals surface area contributed by atoms with Crippen LogP contribution in [0.4, 0.5) is 4.79 Å². The van der Waals surface area contributed by atoms with Crippen LogP contribution < -0.4 is 10.6 Å². The van der Waals surface area contributed by atoms with E-state index >= 15 is 0 Å². The molecule has 1 aromatic heterocycles. The minimum absolute atomic E-state index is 0.0138. The van der Waals surface area contributed by atoms with E-state index in [1.54, 1.807) is 12.4 Å². The van der Waals surface area contributed by atoms with Crippen molar-refractivity contribution in [3.63, 3.8) is 0 Å². The standard InChI is InChI=1S/C23H31N3O3/c1-5-7-20(26-22(28)29-23(2,3)4)14-17-9-11-19(12-10-17)21(27)25-16-18-8-6-13-24-15-18/h6,8-13,15,20H,5,7,14,16H2,1-4H3,(H,25,27)(H,26,28)/t20-/m0/s1. The summed E-state index contributed by atoms with van der Waals surface area (Å²) in [5, 5.41) is 5.84. The number of benzene rings is 1. The van der Waals surface area contributed by atoms with Crippen LogP contribution in [0.3, 0.4) is 0 Å². The lowest BCUT2D eigenvalue weighted by Crippen LogP contribution is -2.40. The minimum Gasteiger partial charge on any atom is -0.444 e. The van der Waals surface area contributed by atoms with Gasteiger partial charge in [0.25, 0.3) is 5.91 Å². The van der Waals surface area contributed by atoms with Gasteiger partial charge in [-0.25, -0.2) is 4.79 Å². The van der Waals surface area contributed by atoms with Gasteiger partial charge in [-0.15, -0.1) is 0 Å². The second kappa shape index (κ2) is 10.6. The van der Waals surface area contributed by atoms with Crippen LogP contribution in [0.15, 0.2) is 48.8 Å². The van der Waals surface area contributed by atoms with Gasteiger partial charge in [0.1, 0.15) is 5.60 Å². The summed E-state index contributed by atoms with van der Waals surface area (Å²) in [5.74, 6) is -0.127. The van der Waals surface area contributed by atoms with Crippen molar-refractivity contribution in [2.45, 2.75) is 65.1 Å². The maximum Gasteiger partial charge on any atom is 0.407 e. The molecule has 6 heteroatoms. The van der Waals surface area contributed by atoms with E-state index in [2.05, 4.69) is 22.5 Å². The number of amides is 2. The molecule has 0 saturated heterocycles. The third-order valence-electron chi connectivity index (χ3n) is 4.23. The molecule has 0 saturated carbocycles. The molecule has 1 aromatic carbocycles. The van der Waals surface area contributed by atoms with Gasteiger partial charge in [0.2, 0.25) is 0 Å². The molecule has 2 aromatic rings. The number of nitrogens with zero attached hydrogens (tertiary/aromatic N) is 1. The van der Waals surface area contributed by atoms with E-state index in [0.717, 1.165) is 24.0 Å². The highest BCUT2D eigenvalue weighted by Gasteiger charge is 2.19. The van der Waals surface area contributed by atoms with Crippen LogP contribution in [0.25, 0.3) is 0 Å². The molecule has 0 aliphatic carbocycles. The van der Waals surface area contributed by atoms with Gasteiger partial charge in [-0.05, 0) is 62.9 Å². The summed E-state index contributed by atoms with van der Waals surface area (Å²) in [5.41, 5.74) is 2.09. The molecule has 0 radical (unpaired) electrons. The van der Waals surface area contributed by atoms with E-state index in [9.17, 15) is 9.59 Å². The molecule has 156 valence electrons. The van der Waals surface area contributed by atoms with E-state index in [-0.39, 0.29) is 11.9 Å². The second-order valence-electron chi connectivity index (χ2n) is 8.08. The van der Waals surface area contributed by atoms with Crippen LogP contribution in [-0.4, -0.2) is 28.6 Å². The van der Waals surface area contributed by atoms with Crippen LogP contribution in [0, 0.1) is 0 Å². The fourth-order valence-electron chi connectivity index (χ4n) is 2.91. The molecule has 2 N–H and O–H groups in total. The van der Waals surface area contributed by atoms with Crippen molar-refractivity contribution in [3.8, 4) is 0 Å². The Morgan fingerprint density at radius 3 is 2.41 bits per heavy atom. The Morgan fingerprint density at radius 1 is 1.10 bits per heavy atom. The molecule has 0 spiro atoms. The van der Waals surface area contributed by atoms with Gasteiger partial charge in [-0.3, -0.25) is 9.78 Å². The lowest BCUT2D eigenvalue weighted by atomic mass is 10.0. The topological polar surface area (TPSA) is 80.3 Å². The first-order chi connectivity index (χ1) is 13.8. The number of ether oxygens (including phenoxy) is 1. The van der Waals surface area contributed by atoms with E-state index in [4.69, 9.17) is 4.74 Å². The Labute approximate surface area is 173 Å². The second-order valence-corrected chi connectivity index (χ2v) is 8.08. The van der Waals surface area contributed by atoms with Gasteiger partial charge >= 0.3 is 6.09 Å². The number of carbonyl (C=O) groups is 2. The molecule has 0 unspecified atom stereocenters. The first kappa shape index (κ1) is 22.4. The van der Waals surface area contributed by atoms with Gasteiger partial charge < -0.3 is 15.4 Å². The average molecular weight is 398 g/mol. The molecule has 0 bridgehead atoms. The Hall–Kier alpha value is -2.89. The number of rotatable bonds is 8. The maximum atomic E-state index is 12.3. The highest BCUT2D eigenvalue weighted by Crippen LogP contribution is 2.12. The first-order valence-electron chi connectivity index (χ1n) is 10.0. The summed E-state index contributed by atoms with van der Waals surface area (Å²) in [4.78, 5) is 28.4. The normalized spacial score (nSPS) is 12.1. The lowest BCUT2D eigenvalue weighted by Gasteiger charge is -2.23. The fourth-order valence-corrected chi connectivity index (χ4v) is 2.91. The highest BCUT2D eigenvalue weighted by atomic mass is 16.6. The van der Waals surface area contributed by atoms with Gasteiger partial charge in [0, 0.05) is 30.5 Å². The Morgan fingerprint density at radius 2 is 1.83 bits per heavy atom. The van der Waals surface area contributed by atoms with E-state index in [1.165, 1.54) is 0 Å². The van der Waals surface area contributed by atoms with Crippen molar-refractivity contribution in [3.05, 3.63) is 65.5 Å². The molecular formula is C23H31N3O3. The zero-order chi connectivity index (χ0) is 21.3. The van der Waals surface area contributed by atoms with Crippen molar-refractivity contribution >= 4 is 12.0 Å². The number of hydrogen-bond acceptors (Lipinski definition) is 4. The molecular weight excluding hydrogens is 366 g/mol. The molecule has 0 aliphatic rings. The van der Waals surface area contributed by atoms with E-state index in [1.807, 2.05) is 57.2 Å². The quantitative estimate of drug-likeness (QED) is 0.698. The van der Waals surface area contributed by atoms with Crippen LogP contribution in [0.5, 0.6) is 0 Å². The number of hydrogen-bond donors (Lipinski definition) is 2.